The van der Waals surface area contributed by atoms with E-state index in [0.29, 0.717) is 13.2 Å². The smallest absolute Gasteiger partial charge is 0.319 e. The summed E-state index contributed by atoms with van der Waals surface area (Å²) in [6.07, 6.45) is 0.791. The van der Waals surface area contributed by atoms with Gasteiger partial charge in [-0.05, 0) is 24.5 Å². The second kappa shape index (κ2) is 8.49. The number of anilines is 1. The first-order valence-corrected chi connectivity index (χ1v) is 7.77. The predicted molar refractivity (Wildman–Crippen MR) is 86.5 cm³/mol. The molecule has 132 valence electrons. The van der Waals surface area contributed by atoms with Gasteiger partial charge in [-0.1, -0.05) is 6.92 Å². The van der Waals surface area contributed by atoms with Crippen molar-refractivity contribution in [3.8, 4) is 5.75 Å². The largest absolute Gasteiger partial charge is 0.488 e. The maximum atomic E-state index is 13.9. The molecule has 2 atom stereocenters. The summed E-state index contributed by atoms with van der Waals surface area (Å²) in [4.78, 5) is 23.8. The van der Waals surface area contributed by atoms with E-state index in [1.807, 2.05) is 6.92 Å². The van der Waals surface area contributed by atoms with Crippen LogP contribution in [0.1, 0.15) is 13.3 Å². The lowest BCUT2D eigenvalue weighted by atomic mass is 9.94. The molecule has 0 spiro atoms. The number of carbonyl (C=O) groups is 2. The lowest BCUT2D eigenvalue weighted by molar-refractivity contribution is -0.125. The Morgan fingerprint density at radius 3 is 2.88 bits per heavy atom. The van der Waals surface area contributed by atoms with Crippen molar-refractivity contribution in [2.24, 2.45) is 5.92 Å². The van der Waals surface area contributed by atoms with Crippen LogP contribution in [0.25, 0.3) is 0 Å². The van der Waals surface area contributed by atoms with Crippen LogP contribution in [-0.4, -0.2) is 44.8 Å². The average molecular weight is 339 g/mol. The Bertz CT molecular complexity index is 597. The van der Waals surface area contributed by atoms with Gasteiger partial charge in [0.25, 0.3) is 0 Å². The minimum atomic E-state index is -0.597. The summed E-state index contributed by atoms with van der Waals surface area (Å²) in [6, 6.07) is 2.95. The molecule has 1 saturated heterocycles. The second-order valence-corrected chi connectivity index (χ2v) is 5.62. The van der Waals surface area contributed by atoms with Gasteiger partial charge in [0.2, 0.25) is 5.91 Å². The van der Waals surface area contributed by atoms with Crippen LogP contribution < -0.4 is 20.7 Å². The van der Waals surface area contributed by atoms with Crippen molar-refractivity contribution < 1.29 is 23.5 Å². The molecule has 1 aliphatic heterocycles. The lowest BCUT2D eigenvalue weighted by Gasteiger charge is -2.28. The highest BCUT2D eigenvalue weighted by atomic mass is 19.1. The van der Waals surface area contributed by atoms with Crippen LogP contribution in [0.4, 0.5) is 14.9 Å². The summed E-state index contributed by atoms with van der Waals surface area (Å²) in [5.74, 6) is -0.680. The summed E-state index contributed by atoms with van der Waals surface area (Å²) >= 11 is 0. The van der Waals surface area contributed by atoms with E-state index >= 15 is 0 Å². The fourth-order valence-electron chi connectivity index (χ4n) is 2.40. The van der Waals surface area contributed by atoms with E-state index < -0.39 is 17.9 Å². The van der Waals surface area contributed by atoms with Gasteiger partial charge >= 0.3 is 6.03 Å². The van der Waals surface area contributed by atoms with Crippen LogP contribution in [-0.2, 0) is 9.53 Å². The Morgan fingerprint density at radius 2 is 2.21 bits per heavy atom. The maximum Gasteiger partial charge on any atom is 0.319 e. The van der Waals surface area contributed by atoms with Crippen molar-refractivity contribution in [1.82, 2.24) is 10.6 Å². The molecule has 0 radical (unpaired) electrons. The van der Waals surface area contributed by atoms with Crippen molar-refractivity contribution >= 4 is 17.6 Å². The summed E-state index contributed by atoms with van der Waals surface area (Å²) < 4.78 is 23.9. The zero-order chi connectivity index (χ0) is 17.5. The normalized spacial score (nSPS) is 20.2. The molecule has 0 aromatic heterocycles. The first kappa shape index (κ1) is 18.0. The summed E-state index contributed by atoms with van der Waals surface area (Å²) in [6.45, 7) is 3.09. The Balaban J connectivity index is 1.91. The van der Waals surface area contributed by atoms with E-state index in [-0.39, 0.29) is 29.9 Å². The van der Waals surface area contributed by atoms with Crippen molar-refractivity contribution in [3.63, 3.8) is 0 Å². The monoisotopic (exact) mass is 339 g/mol. The number of carbonyl (C=O) groups excluding carboxylic acids is 2. The van der Waals surface area contributed by atoms with E-state index in [1.54, 1.807) is 0 Å². The molecule has 1 aromatic carbocycles. The molecule has 24 heavy (non-hydrogen) atoms. The van der Waals surface area contributed by atoms with Gasteiger partial charge < -0.3 is 25.4 Å². The fraction of sp³-hybridized carbons (Fsp3) is 0.500. The Hall–Kier alpha value is -2.35. The third-order valence-corrected chi connectivity index (χ3v) is 3.77. The molecule has 0 bridgehead atoms. The quantitative estimate of drug-likeness (QED) is 0.685. The van der Waals surface area contributed by atoms with Gasteiger partial charge in [0.05, 0.1) is 6.61 Å². The topological polar surface area (TPSA) is 88.7 Å². The molecule has 8 heteroatoms. The van der Waals surface area contributed by atoms with E-state index in [1.165, 1.54) is 19.2 Å². The number of nitrogens with one attached hydrogen (secondary N) is 3. The number of halogens is 1. The molecule has 3 N–H and O–H groups in total. The fourth-order valence-corrected chi connectivity index (χ4v) is 2.40. The van der Waals surface area contributed by atoms with Crippen molar-refractivity contribution in [2.45, 2.75) is 19.4 Å². The Morgan fingerprint density at radius 1 is 1.42 bits per heavy atom. The minimum Gasteiger partial charge on any atom is -0.488 e. The lowest BCUT2D eigenvalue weighted by Crippen LogP contribution is -2.55. The van der Waals surface area contributed by atoms with Crippen LogP contribution in [0.2, 0.25) is 0 Å². The molecule has 1 aromatic rings. The Kier molecular flexibility index (Phi) is 6.36. The predicted octanol–water partition coefficient (Wildman–Crippen LogP) is 1.50. The molecule has 0 saturated carbocycles. The molecule has 2 rings (SSSR count). The number of rotatable bonds is 6. The molecule has 1 fully saturated rings. The molecule has 0 unspecified atom stereocenters. The number of hydrogen-bond donors (Lipinski definition) is 3. The number of hydrogen-bond acceptors (Lipinski definition) is 4. The second-order valence-electron chi connectivity index (χ2n) is 5.62. The molecule has 1 aliphatic rings. The van der Waals surface area contributed by atoms with Gasteiger partial charge in [-0.25, -0.2) is 9.18 Å². The van der Waals surface area contributed by atoms with Gasteiger partial charge in [-0.3, -0.25) is 4.79 Å². The Labute approximate surface area is 139 Å². The van der Waals surface area contributed by atoms with Gasteiger partial charge in [0, 0.05) is 25.4 Å². The van der Waals surface area contributed by atoms with Crippen LogP contribution in [0, 0.1) is 11.7 Å². The number of ether oxygens (including phenoxy) is 2. The highest BCUT2D eigenvalue weighted by molar-refractivity contribution is 5.94. The van der Waals surface area contributed by atoms with Crippen molar-refractivity contribution in [1.29, 1.82) is 0 Å². The average Bonchev–Trinajstić information content (AvgIpc) is 2.53. The number of benzene rings is 1. The SMILES string of the molecule is COCCOc1ccc(NC(=O)N[C@H]2C(=O)NCC[C@@H]2C)cc1F. The van der Waals surface area contributed by atoms with E-state index in [4.69, 9.17) is 9.47 Å². The molecular formula is C16H22FN3O4. The number of piperidine rings is 1. The minimum absolute atomic E-state index is 0.0396. The van der Waals surface area contributed by atoms with E-state index in [0.717, 1.165) is 12.5 Å². The van der Waals surface area contributed by atoms with Crippen molar-refractivity contribution in [2.75, 3.05) is 32.2 Å². The van der Waals surface area contributed by atoms with Gasteiger partial charge in [-0.15, -0.1) is 0 Å². The molecular weight excluding hydrogens is 317 g/mol. The molecule has 0 aliphatic carbocycles. The summed E-state index contributed by atoms with van der Waals surface area (Å²) in [5, 5.41) is 7.83. The number of methoxy groups -OCH3 is 1. The van der Waals surface area contributed by atoms with Crippen LogP contribution in [0.5, 0.6) is 5.75 Å². The van der Waals surface area contributed by atoms with E-state index in [9.17, 15) is 14.0 Å². The maximum absolute atomic E-state index is 13.9. The first-order valence-electron chi connectivity index (χ1n) is 7.77. The molecule has 7 nitrogen and oxygen atoms in total. The zero-order valence-corrected chi connectivity index (χ0v) is 13.7. The summed E-state index contributed by atoms with van der Waals surface area (Å²) in [7, 11) is 1.53. The van der Waals surface area contributed by atoms with Crippen LogP contribution in [0.3, 0.4) is 0 Å². The van der Waals surface area contributed by atoms with Gasteiger partial charge in [-0.2, -0.15) is 0 Å². The zero-order valence-electron chi connectivity index (χ0n) is 13.7. The number of amides is 3. The third kappa shape index (κ3) is 4.82. The van der Waals surface area contributed by atoms with Crippen LogP contribution in [0.15, 0.2) is 18.2 Å². The molecule has 3 amide bonds. The van der Waals surface area contributed by atoms with E-state index in [2.05, 4.69) is 16.0 Å². The van der Waals surface area contributed by atoms with Gasteiger partial charge in [0.1, 0.15) is 12.6 Å². The van der Waals surface area contributed by atoms with Gasteiger partial charge in [0.15, 0.2) is 11.6 Å². The number of urea groups is 1. The summed E-state index contributed by atoms with van der Waals surface area (Å²) in [5.41, 5.74) is 0.271. The highest BCUT2D eigenvalue weighted by Crippen LogP contribution is 2.21. The first-order chi connectivity index (χ1) is 11.5. The van der Waals surface area contributed by atoms with Crippen molar-refractivity contribution in [3.05, 3.63) is 24.0 Å². The van der Waals surface area contributed by atoms with Crippen LogP contribution >= 0.6 is 0 Å². The third-order valence-electron chi connectivity index (χ3n) is 3.77. The standard InChI is InChI=1S/C16H22FN3O4/c1-10-5-6-18-15(21)14(10)20-16(22)19-11-3-4-13(12(17)9-11)24-8-7-23-2/h3-4,9-10,14H,5-8H2,1-2H3,(H,18,21)(H2,19,20,22)/t10-,14+/m0/s1. The highest BCUT2D eigenvalue weighted by Gasteiger charge is 2.30. The molecule has 1 heterocycles.